The van der Waals surface area contributed by atoms with Crippen LogP contribution in [0.15, 0.2) is 48.5 Å². The Hall–Kier alpha value is -1.98. The molecule has 18 heavy (non-hydrogen) atoms. The van der Waals surface area contributed by atoms with Crippen molar-refractivity contribution in [1.29, 1.82) is 5.26 Å². The lowest BCUT2D eigenvalue weighted by molar-refractivity contribution is 1.15. The molecule has 0 radical (unpaired) electrons. The summed E-state index contributed by atoms with van der Waals surface area (Å²) in [6.45, 7) is 0.759. The minimum absolute atomic E-state index is 0.456. The van der Waals surface area contributed by atoms with E-state index in [1.54, 1.807) is 0 Å². The Kier molecular flexibility index (Phi) is 4.22. The molecule has 0 amide bonds. The maximum absolute atomic E-state index is 8.59. The van der Waals surface area contributed by atoms with Crippen LogP contribution in [0.5, 0.6) is 0 Å². The van der Waals surface area contributed by atoms with E-state index in [-0.39, 0.29) is 0 Å². The number of nitrogens with zero attached hydrogens (tertiary/aromatic N) is 1. The molecule has 0 unspecified atom stereocenters. The van der Waals surface area contributed by atoms with Crippen molar-refractivity contribution >= 4 is 17.3 Å². The highest BCUT2D eigenvalue weighted by Gasteiger charge is 1.96. The average molecular weight is 257 g/mol. The van der Waals surface area contributed by atoms with E-state index >= 15 is 0 Å². The average Bonchev–Trinajstić information content (AvgIpc) is 2.40. The zero-order valence-electron chi connectivity index (χ0n) is 9.86. The van der Waals surface area contributed by atoms with Crippen molar-refractivity contribution in [3.8, 4) is 6.07 Å². The molecule has 0 aliphatic rings. The molecule has 2 rings (SSSR count). The highest BCUT2D eigenvalue weighted by molar-refractivity contribution is 6.30. The Morgan fingerprint density at radius 2 is 1.56 bits per heavy atom. The summed E-state index contributed by atoms with van der Waals surface area (Å²) < 4.78 is 0. The third-order valence-electron chi connectivity index (χ3n) is 2.65. The second-order valence-corrected chi connectivity index (χ2v) is 4.45. The molecular weight excluding hydrogens is 244 g/mol. The number of anilines is 1. The van der Waals surface area contributed by atoms with Crippen LogP contribution in [0.2, 0.25) is 5.02 Å². The fourth-order valence-corrected chi connectivity index (χ4v) is 1.76. The van der Waals surface area contributed by atoms with Gasteiger partial charge in [-0.25, -0.2) is 0 Å². The summed E-state index contributed by atoms with van der Waals surface area (Å²) in [5, 5.41) is 12.7. The SMILES string of the molecule is N#CCc1ccc(NCc2ccc(Cl)cc2)cc1. The van der Waals surface area contributed by atoms with E-state index in [1.165, 1.54) is 5.56 Å². The first-order valence-electron chi connectivity index (χ1n) is 5.72. The van der Waals surface area contributed by atoms with Crippen molar-refractivity contribution in [2.45, 2.75) is 13.0 Å². The molecule has 90 valence electrons. The van der Waals surface area contributed by atoms with Gasteiger partial charge in [0.15, 0.2) is 0 Å². The van der Waals surface area contributed by atoms with Crippen molar-refractivity contribution in [3.63, 3.8) is 0 Å². The molecule has 2 aromatic rings. The number of nitrogens with one attached hydrogen (secondary N) is 1. The molecule has 0 heterocycles. The second-order valence-electron chi connectivity index (χ2n) is 4.01. The first kappa shape index (κ1) is 12.5. The largest absolute Gasteiger partial charge is 0.381 e. The normalized spacial score (nSPS) is 9.78. The molecule has 0 bridgehead atoms. The predicted octanol–water partition coefficient (Wildman–Crippen LogP) is 4.02. The number of rotatable bonds is 4. The van der Waals surface area contributed by atoms with Gasteiger partial charge in [0.1, 0.15) is 0 Å². The maximum atomic E-state index is 8.59. The molecule has 0 aliphatic carbocycles. The van der Waals surface area contributed by atoms with Gasteiger partial charge in [0.2, 0.25) is 0 Å². The molecule has 0 saturated heterocycles. The molecule has 2 nitrogen and oxygen atoms in total. The van der Waals surface area contributed by atoms with E-state index in [4.69, 9.17) is 16.9 Å². The van der Waals surface area contributed by atoms with Gasteiger partial charge in [0.25, 0.3) is 0 Å². The van der Waals surface area contributed by atoms with E-state index in [0.717, 1.165) is 22.8 Å². The van der Waals surface area contributed by atoms with Crippen LogP contribution in [0.25, 0.3) is 0 Å². The first-order chi connectivity index (χ1) is 8.78. The fourth-order valence-electron chi connectivity index (χ4n) is 1.64. The summed E-state index contributed by atoms with van der Waals surface area (Å²) in [4.78, 5) is 0. The number of benzene rings is 2. The molecule has 0 spiro atoms. The Morgan fingerprint density at radius 1 is 0.944 bits per heavy atom. The summed E-state index contributed by atoms with van der Waals surface area (Å²) in [7, 11) is 0. The van der Waals surface area contributed by atoms with Crippen molar-refractivity contribution in [1.82, 2.24) is 0 Å². The van der Waals surface area contributed by atoms with Gasteiger partial charge in [-0.2, -0.15) is 5.26 Å². The standard InChI is InChI=1S/C15H13ClN2/c16-14-5-1-13(2-6-14)11-18-15-7-3-12(4-8-15)9-10-17/h1-8,18H,9,11H2. The van der Waals surface area contributed by atoms with Crippen LogP contribution in [0.3, 0.4) is 0 Å². The third kappa shape index (κ3) is 3.51. The van der Waals surface area contributed by atoms with Crippen molar-refractivity contribution < 1.29 is 0 Å². The topological polar surface area (TPSA) is 35.8 Å². The van der Waals surface area contributed by atoms with Crippen LogP contribution < -0.4 is 5.32 Å². The Balaban J connectivity index is 1.94. The van der Waals surface area contributed by atoms with Crippen LogP contribution >= 0.6 is 11.6 Å². The maximum Gasteiger partial charge on any atom is 0.0669 e. The van der Waals surface area contributed by atoms with Gasteiger partial charge in [-0.15, -0.1) is 0 Å². The first-order valence-corrected chi connectivity index (χ1v) is 6.10. The van der Waals surface area contributed by atoms with Gasteiger partial charge in [0, 0.05) is 17.3 Å². The molecule has 1 N–H and O–H groups in total. The smallest absolute Gasteiger partial charge is 0.0669 e. The quantitative estimate of drug-likeness (QED) is 0.897. The highest BCUT2D eigenvalue weighted by Crippen LogP contribution is 2.13. The fraction of sp³-hybridized carbons (Fsp3) is 0.133. The molecular formula is C15H13ClN2. The van der Waals surface area contributed by atoms with E-state index in [2.05, 4.69) is 11.4 Å². The van der Waals surface area contributed by atoms with E-state index in [9.17, 15) is 0 Å². The lowest BCUT2D eigenvalue weighted by Crippen LogP contribution is -1.99. The van der Waals surface area contributed by atoms with Crippen LogP contribution in [0, 0.1) is 11.3 Å². The van der Waals surface area contributed by atoms with Crippen LogP contribution in [0.1, 0.15) is 11.1 Å². The van der Waals surface area contributed by atoms with Gasteiger partial charge in [-0.05, 0) is 35.4 Å². The summed E-state index contributed by atoms with van der Waals surface area (Å²) in [6, 6.07) is 17.8. The van der Waals surface area contributed by atoms with Crippen molar-refractivity contribution in [3.05, 3.63) is 64.7 Å². The van der Waals surface area contributed by atoms with Gasteiger partial charge >= 0.3 is 0 Å². The summed E-state index contributed by atoms with van der Waals surface area (Å²) in [5.41, 5.74) is 3.27. The molecule has 0 aromatic heterocycles. The minimum Gasteiger partial charge on any atom is -0.381 e. The van der Waals surface area contributed by atoms with Crippen LogP contribution in [-0.4, -0.2) is 0 Å². The zero-order chi connectivity index (χ0) is 12.8. The third-order valence-corrected chi connectivity index (χ3v) is 2.90. The molecule has 0 aliphatic heterocycles. The number of halogens is 1. The number of hydrogen-bond donors (Lipinski definition) is 1. The lowest BCUT2D eigenvalue weighted by Gasteiger charge is -2.07. The van der Waals surface area contributed by atoms with Gasteiger partial charge in [-0.3, -0.25) is 0 Å². The summed E-state index contributed by atoms with van der Waals surface area (Å²) >= 11 is 5.83. The number of nitriles is 1. The van der Waals surface area contributed by atoms with Crippen LogP contribution in [0.4, 0.5) is 5.69 Å². The summed E-state index contributed by atoms with van der Waals surface area (Å²) in [6.07, 6.45) is 0.456. The van der Waals surface area contributed by atoms with Crippen molar-refractivity contribution in [2.24, 2.45) is 0 Å². The molecule has 2 aromatic carbocycles. The van der Waals surface area contributed by atoms with Gasteiger partial charge in [0.05, 0.1) is 12.5 Å². The van der Waals surface area contributed by atoms with Gasteiger partial charge in [-0.1, -0.05) is 35.9 Å². The molecule has 0 fully saturated rings. The lowest BCUT2D eigenvalue weighted by atomic mass is 10.1. The Labute approximate surface area is 112 Å². The second kappa shape index (κ2) is 6.09. The molecule has 0 atom stereocenters. The van der Waals surface area contributed by atoms with E-state index in [1.807, 2.05) is 48.5 Å². The van der Waals surface area contributed by atoms with Crippen molar-refractivity contribution in [2.75, 3.05) is 5.32 Å². The summed E-state index contributed by atoms with van der Waals surface area (Å²) in [5.74, 6) is 0. The minimum atomic E-state index is 0.456. The highest BCUT2D eigenvalue weighted by atomic mass is 35.5. The molecule has 0 saturated carbocycles. The van der Waals surface area contributed by atoms with Gasteiger partial charge < -0.3 is 5.32 Å². The molecule has 3 heteroatoms. The monoisotopic (exact) mass is 256 g/mol. The van der Waals surface area contributed by atoms with Crippen LogP contribution in [-0.2, 0) is 13.0 Å². The Bertz CT molecular complexity index is 538. The zero-order valence-corrected chi connectivity index (χ0v) is 10.6. The Morgan fingerprint density at radius 3 is 2.17 bits per heavy atom. The number of hydrogen-bond acceptors (Lipinski definition) is 2. The van der Waals surface area contributed by atoms with E-state index in [0.29, 0.717) is 6.42 Å². The predicted molar refractivity (Wildman–Crippen MR) is 74.5 cm³/mol. The van der Waals surface area contributed by atoms with E-state index < -0.39 is 0 Å².